The van der Waals surface area contributed by atoms with Gasteiger partial charge in [-0.2, -0.15) is 0 Å². The smallest absolute Gasteiger partial charge is 0.227 e. The van der Waals surface area contributed by atoms with Gasteiger partial charge in [0.15, 0.2) is 0 Å². The summed E-state index contributed by atoms with van der Waals surface area (Å²) in [5, 5.41) is 2.12. The summed E-state index contributed by atoms with van der Waals surface area (Å²) in [5.41, 5.74) is 9.19. The Bertz CT molecular complexity index is 1400. The van der Waals surface area contributed by atoms with Crippen LogP contribution in [0.25, 0.3) is 44.5 Å². The van der Waals surface area contributed by atoms with Crippen molar-refractivity contribution in [2.45, 2.75) is 33.6 Å². The van der Waals surface area contributed by atoms with Crippen LogP contribution in [0.15, 0.2) is 71.3 Å². The average Bonchev–Trinajstić information content (AvgIpc) is 3.11. The van der Waals surface area contributed by atoms with Gasteiger partial charge in [0.05, 0.1) is 5.69 Å². The number of aromatic nitrogens is 2. The van der Waals surface area contributed by atoms with Crippen molar-refractivity contribution in [1.82, 2.24) is 9.97 Å². The SMILES string of the molecule is Cc1cccc(-c2cccnc2-c2c(C)ccc3c2oc2nc(C(C)C)ccc23)c1. The van der Waals surface area contributed by atoms with E-state index in [0.717, 1.165) is 50.0 Å². The van der Waals surface area contributed by atoms with Crippen LogP contribution in [-0.4, -0.2) is 9.97 Å². The molecule has 30 heavy (non-hydrogen) atoms. The second-order valence-electron chi connectivity index (χ2n) is 8.25. The van der Waals surface area contributed by atoms with Crippen LogP contribution in [0, 0.1) is 13.8 Å². The minimum absolute atomic E-state index is 0.354. The van der Waals surface area contributed by atoms with Crippen molar-refractivity contribution in [2.24, 2.45) is 0 Å². The molecule has 0 fully saturated rings. The summed E-state index contributed by atoms with van der Waals surface area (Å²) in [6.07, 6.45) is 1.85. The number of benzene rings is 2. The highest BCUT2D eigenvalue weighted by atomic mass is 16.3. The maximum atomic E-state index is 6.37. The zero-order chi connectivity index (χ0) is 20.8. The first-order valence-corrected chi connectivity index (χ1v) is 10.4. The quantitative estimate of drug-likeness (QED) is 0.320. The Balaban J connectivity index is 1.82. The Morgan fingerprint density at radius 1 is 0.867 bits per heavy atom. The van der Waals surface area contributed by atoms with Crippen LogP contribution in [0.2, 0.25) is 0 Å². The lowest BCUT2D eigenvalue weighted by atomic mass is 9.94. The lowest BCUT2D eigenvalue weighted by Gasteiger charge is -2.12. The van der Waals surface area contributed by atoms with E-state index in [4.69, 9.17) is 14.4 Å². The van der Waals surface area contributed by atoms with Crippen molar-refractivity contribution >= 4 is 22.1 Å². The van der Waals surface area contributed by atoms with E-state index in [1.54, 1.807) is 0 Å². The van der Waals surface area contributed by atoms with Crippen LogP contribution in [0.5, 0.6) is 0 Å². The van der Waals surface area contributed by atoms with Crippen LogP contribution in [0.4, 0.5) is 0 Å². The Kier molecular flexibility index (Phi) is 4.39. The molecule has 2 aromatic carbocycles. The van der Waals surface area contributed by atoms with Gasteiger partial charge >= 0.3 is 0 Å². The lowest BCUT2D eigenvalue weighted by molar-refractivity contribution is 0.648. The van der Waals surface area contributed by atoms with Crippen molar-refractivity contribution in [2.75, 3.05) is 0 Å². The third-order valence-electron chi connectivity index (χ3n) is 5.70. The maximum Gasteiger partial charge on any atom is 0.227 e. The van der Waals surface area contributed by atoms with Gasteiger partial charge in [-0.3, -0.25) is 4.98 Å². The number of pyridine rings is 2. The molecule has 0 bridgehead atoms. The third-order valence-corrected chi connectivity index (χ3v) is 5.70. The largest absolute Gasteiger partial charge is 0.437 e. The molecule has 5 rings (SSSR count). The van der Waals surface area contributed by atoms with Gasteiger partial charge in [-0.1, -0.05) is 61.9 Å². The summed E-state index contributed by atoms with van der Waals surface area (Å²) in [5.74, 6) is 0.354. The fourth-order valence-corrected chi connectivity index (χ4v) is 4.10. The monoisotopic (exact) mass is 392 g/mol. The zero-order valence-electron chi connectivity index (χ0n) is 17.7. The predicted molar refractivity (Wildman–Crippen MR) is 124 cm³/mol. The van der Waals surface area contributed by atoms with Crippen LogP contribution >= 0.6 is 0 Å². The zero-order valence-corrected chi connectivity index (χ0v) is 17.7. The van der Waals surface area contributed by atoms with Gasteiger partial charge < -0.3 is 4.42 Å². The molecule has 0 amide bonds. The molecule has 3 nitrogen and oxygen atoms in total. The maximum absolute atomic E-state index is 6.37. The number of rotatable bonds is 3. The molecule has 0 aliphatic heterocycles. The van der Waals surface area contributed by atoms with E-state index >= 15 is 0 Å². The third kappa shape index (κ3) is 2.98. The topological polar surface area (TPSA) is 38.9 Å². The highest BCUT2D eigenvalue weighted by Crippen LogP contribution is 2.40. The van der Waals surface area contributed by atoms with Gasteiger partial charge in [0, 0.05) is 33.8 Å². The number of furan rings is 1. The second-order valence-corrected chi connectivity index (χ2v) is 8.25. The van der Waals surface area contributed by atoms with Crippen LogP contribution in [-0.2, 0) is 0 Å². The van der Waals surface area contributed by atoms with Crippen molar-refractivity contribution in [3.63, 3.8) is 0 Å². The molecule has 0 N–H and O–H groups in total. The summed E-state index contributed by atoms with van der Waals surface area (Å²) in [4.78, 5) is 9.58. The van der Waals surface area contributed by atoms with Gasteiger partial charge in [-0.15, -0.1) is 0 Å². The van der Waals surface area contributed by atoms with E-state index in [1.165, 1.54) is 5.56 Å². The molecule has 0 saturated heterocycles. The first kappa shape index (κ1) is 18.6. The van der Waals surface area contributed by atoms with E-state index in [9.17, 15) is 0 Å². The molecule has 0 aliphatic rings. The van der Waals surface area contributed by atoms with Crippen LogP contribution in [0.1, 0.15) is 36.6 Å². The Labute approximate surface area is 176 Å². The summed E-state index contributed by atoms with van der Waals surface area (Å²) in [7, 11) is 0. The van der Waals surface area contributed by atoms with Crippen molar-refractivity contribution in [1.29, 1.82) is 0 Å². The average molecular weight is 393 g/mol. The van der Waals surface area contributed by atoms with Gasteiger partial charge in [-0.05, 0) is 49.1 Å². The molecule has 148 valence electrons. The second kappa shape index (κ2) is 7.10. The molecule has 3 heterocycles. The fraction of sp³-hybridized carbons (Fsp3) is 0.185. The summed E-state index contributed by atoms with van der Waals surface area (Å²) < 4.78 is 6.37. The number of fused-ring (bicyclic) bond motifs is 3. The van der Waals surface area contributed by atoms with E-state index in [1.807, 2.05) is 12.3 Å². The Morgan fingerprint density at radius 3 is 2.50 bits per heavy atom. The number of aryl methyl sites for hydroxylation is 2. The summed E-state index contributed by atoms with van der Waals surface area (Å²) in [6.45, 7) is 8.52. The molecular weight excluding hydrogens is 368 g/mol. The Hall–Kier alpha value is -3.46. The Morgan fingerprint density at radius 2 is 1.70 bits per heavy atom. The van der Waals surface area contributed by atoms with Gasteiger partial charge in [0.25, 0.3) is 0 Å². The molecule has 3 heteroatoms. The number of hydrogen-bond acceptors (Lipinski definition) is 3. The van der Waals surface area contributed by atoms with E-state index in [2.05, 4.69) is 82.3 Å². The minimum Gasteiger partial charge on any atom is -0.437 e. The van der Waals surface area contributed by atoms with Crippen LogP contribution < -0.4 is 0 Å². The molecule has 0 saturated carbocycles. The van der Waals surface area contributed by atoms with Crippen LogP contribution in [0.3, 0.4) is 0 Å². The molecule has 0 unspecified atom stereocenters. The van der Waals surface area contributed by atoms with Gasteiger partial charge in [0.1, 0.15) is 5.58 Å². The summed E-state index contributed by atoms with van der Waals surface area (Å²) in [6, 6.07) is 21.2. The minimum atomic E-state index is 0.354. The standard InChI is InChI=1S/C27H24N2O/c1-16(2)23-13-12-22-21-11-10-18(4)24(26(21)30-27(22)29-23)25-20(9-6-14-28-25)19-8-5-7-17(3)15-19/h5-16H,1-4H3. The van der Waals surface area contributed by atoms with E-state index in [-0.39, 0.29) is 0 Å². The van der Waals surface area contributed by atoms with Gasteiger partial charge in [-0.25, -0.2) is 4.98 Å². The molecule has 5 aromatic rings. The fourth-order valence-electron chi connectivity index (χ4n) is 4.10. The molecule has 0 atom stereocenters. The predicted octanol–water partition coefficient (Wildman–Crippen LogP) is 7.45. The van der Waals surface area contributed by atoms with Gasteiger partial charge in [0.2, 0.25) is 5.71 Å². The molecule has 0 spiro atoms. The normalized spacial score (nSPS) is 11.6. The molecule has 0 radical (unpaired) electrons. The molecule has 3 aromatic heterocycles. The first-order valence-electron chi connectivity index (χ1n) is 10.4. The first-order chi connectivity index (χ1) is 14.5. The highest BCUT2D eigenvalue weighted by Gasteiger charge is 2.19. The molecular formula is C27H24N2O. The van der Waals surface area contributed by atoms with Crippen molar-refractivity contribution in [3.8, 4) is 22.4 Å². The van der Waals surface area contributed by atoms with E-state index in [0.29, 0.717) is 11.6 Å². The lowest BCUT2D eigenvalue weighted by Crippen LogP contribution is -1.92. The van der Waals surface area contributed by atoms with E-state index < -0.39 is 0 Å². The number of hydrogen-bond donors (Lipinski definition) is 0. The number of nitrogens with zero attached hydrogens (tertiary/aromatic N) is 2. The molecule has 0 aliphatic carbocycles. The van der Waals surface area contributed by atoms with Crippen molar-refractivity contribution < 1.29 is 4.42 Å². The highest BCUT2D eigenvalue weighted by molar-refractivity contribution is 6.10. The van der Waals surface area contributed by atoms with Crippen molar-refractivity contribution in [3.05, 3.63) is 83.7 Å². The summed E-state index contributed by atoms with van der Waals surface area (Å²) >= 11 is 0.